The molecule has 1 N–H and O–H groups in total. The molecule has 13 heavy (non-hydrogen) atoms. The van der Waals surface area contributed by atoms with Gasteiger partial charge in [-0.3, -0.25) is 0 Å². The molecule has 2 heteroatoms. The van der Waals surface area contributed by atoms with Gasteiger partial charge in [0.25, 0.3) is 0 Å². The Morgan fingerprint density at radius 3 is 2.62 bits per heavy atom. The predicted molar refractivity (Wildman–Crippen MR) is 60.1 cm³/mol. The van der Waals surface area contributed by atoms with Gasteiger partial charge in [-0.1, -0.05) is 20.8 Å². The van der Waals surface area contributed by atoms with Gasteiger partial charge in [-0.25, -0.2) is 0 Å². The van der Waals surface area contributed by atoms with Crippen LogP contribution in [-0.4, -0.2) is 38.1 Å². The molecular formula is C11H26N2. The lowest BCUT2D eigenvalue weighted by Gasteiger charge is -2.30. The minimum absolute atomic E-state index is 0.917. The summed E-state index contributed by atoms with van der Waals surface area (Å²) in [4.78, 5) is 2.56. The lowest BCUT2D eigenvalue weighted by atomic mass is 10.0. The Kier molecular flexibility index (Phi) is 8.46. The van der Waals surface area contributed by atoms with Crippen LogP contribution >= 0.6 is 0 Å². The summed E-state index contributed by atoms with van der Waals surface area (Å²) in [6.45, 7) is 11.3. The van der Waals surface area contributed by atoms with Crippen molar-refractivity contribution in [2.24, 2.45) is 5.92 Å². The first-order valence-electron chi connectivity index (χ1n) is 5.70. The van der Waals surface area contributed by atoms with Crippen molar-refractivity contribution in [1.82, 2.24) is 10.2 Å². The van der Waals surface area contributed by atoms with Crippen LogP contribution in [0.5, 0.6) is 0 Å². The number of nitrogens with zero attached hydrogens (tertiary/aromatic N) is 1. The number of likely N-dealkylation sites (N-methyl/N-ethyl adjacent to an activating group) is 1. The summed E-state index contributed by atoms with van der Waals surface area (Å²) in [5.41, 5.74) is 0. The number of piperidine rings is 1. The molecule has 1 saturated heterocycles. The molecule has 1 aliphatic rings. The SMILES string of the molecule is CC.CNCCN1CCCC(C)C1. The van der Waals surface area contributed by atoms with Gasteiger partial charge in [0.15, 0.2) is 0 Å². The van der Waals surface area contributed by atoms with Gasteiger partial charge in [0.05, 0.1) is 0 Å². The van der Waals surface area contributed by atoms with Crippen molar-refractivity contribution >= 4 is 0 Å². The Morgan fingerprint density at radius 2 is 2.08 bits per heavy atom. The highest BCUT2D eigenvalue weighted by molar-refractivity contribution is 4.69. The van der Waals surface area contributed by atoms with Crippen LogP contribution < -0.4 is 5.32 Å². The summed E-state index contributed by atoms with van der Waals surface area (Å²) in [5, 5.41) is 3.19. The van der Waals surface area contributed by atoms with Crippen molar-refractivity contribution in [3.05, 3.63) is 0 Å². The third-order valence-corrected chi connectivity index (χ3v) is 2.42. The Bertz CT molecular complexity index is 104. The molecule has 1 unspecified atom stereocenters. The maximum Gasteiger partial charge on any atom is 0.0107 e. The van der Waals surface area contributed by atoms with E-state index < -0.39 is 0 Å². The average molecular weight is 186 g/mol. The molecule has 0 bridgehead atoms. The molecular weight excluding hydrogens is 160 g/mol. The number of rotatable bonds is 3. The molecule has 0 aromatic heterocycles. The van der Waals surface area contributed by atoms with E-state index in [1.165, 1.54) is 32.5 Å². The first-order chi connectivity index (χ1) is 6.33. The molecule has 1 fully saturated rings. The van der Waals surface area contributed by atoms with Crippen LogP contribution in [0.4, 0.5) is 0 Å². The summed E-state index contributed by atoms with van der Waals surface area (Å²) in [5.74, 6) is 0.917. The number of nitrogens with one attached hydrogen (secondary N) is 1. The van der Waals surface area contributed by atoms with Crippen LogP contribution in [0.2, 0.25) is 0 Å². The predicted octanol–water partition coefficient (Wildman–Crippen LogP) is 1.96. The highest BCUT2D eigenvalue weighted by atomic mass is 15.1. The molecule has 1 rings (SSSR count). The topological polar surface area (TPSA) is 15.3 Å². The molecule has 0 aromatic carbocycles. The molecule has 2 nitrogen and oxygen atoms in total. The number of likely N-dealkylation sites (tertiary alicyclic amines) is 1. The number of hydrogen-bond donors (Lipinski definition) is 1. The minimum atomic E-state index is 0.917. The van der Waals surface area contributed by atoms with Crippen molar-refractivity contribution in [2.45, 2.75) is 33.6 Å². The van der Waals surface area contributed by atoms with Crippen molar-refractivity contribution in [2.75, 3.05) is 33.2 Å². The van der Waals surface area contributed by atoms with Gasteiger partial charge < -0.3 is 10.2 Å². The maximum atomic E-state index is 3.19. The van der Waals surface area contributed by atoms with Crippen LogP contribution in [0, 0.1) is 5.92 Å². The quantitative estimate of drug-likeness (QED) is 0.725. The van der Waals surface area contributed by atoms with Crippen molar-refractivity contribution in [3.63, 3.8) is 0 Å². The smallest absolute Gasteiger partial charge is 0.0107 e. The van der Waals surface area contributed by atoms with E-state index in [-0.39, 0.29) is 0 Å². The molecule has 1 aliphatic heterocycles. The Morgan fingerprint density at radius 1 is 1.38 bits per heavy atom. The molecule has 80 valence electrons. The summed E-state index contributed by atoms with van der Waals surface area (Å²) in [6.07, 6.45) is 2.82. The molecule has 0 amide bonds. The fourth-order valence-corrected chi connectivity index (χ4v) is 1.76. The van der Waals surface area contributed by atoms with E-state index in [1.807, 2.05) is 20.9 Å². The highest BCUT2D eigenvalue weighted by Gasteiger charge is 2.14. The summed E-state index contributed by atoms with van der Waals surface area (Å²) < 4.78 is 0. The summed E-state index contributed by atoms with van der Waals surface area (Å²) in [7, 11) is 2.02. The molecule has 0 radical (unpaired) electrons. The molecule has 0 spiro atoms. The third-order valence-electron chi connectivity index (χ3n) is 2.42. The van der Waals surface area contributed by atoms with Crippen molar-refractivity contribution in [1.29, 1.82) is 0 Å². The lowest BCUT2D eigenvalue weighted by Crippen LogP contribution is -2.38. The Balaban J connectivity index is 0.000000671. The van der Waals surface area contributed by atoms with Crippen LogP contribution in [0.25, 0.3) is 0 Å². The van der Waals surface area contributed by atoms with Gasteiger partial charge in [0.1, 0.15) is 0 Å². The zero-order valence-corrected chi connectivity index (χ0v) is 9.77. The van der Waals surface area contributed by atoms with E-state index in [1.54, 1.807) is 0 Å². The summed E-state index contributed by atoms with van der Waals surface area (Å²) in [6, 6.07) is 0. The first-order valence-corrected chi connectivity index (χ1v) is 5.70. The van der Waals surface area contributed by atoms with Crippen LogP contribution in [0.3, 0.4) is 0 Å². The Labute approximate surface area is 83.7 Å². The van der Waals surface area contributed by atoms with E-state index in [0.29, 0.717) is 0 Å². The van der Waals surface area contributed by atoms with Gasteiger partial charge in [0.2, 0.25) is 0 Å². The zero-order chi connectivity index (χ0) is 10.1. The summed E-state index contributed by atoms with van der Waals surface area (Å²) >= 11 is 0. The largest absolute Gasteiger partial charge is 0.318 e. The van der Waals surface area contributed by atoms with Gasteiger partial charge >= 0.3 is 0 Å². The molecule has 0 aromatic rings. The molecule has 1 heterocycles. The Hall–Kier alpha value is -0.0800. The van der Waals surface area contributed by atoms with Gasteiger partial charge in [-0.2, -0.15) is 0 Å². The van der Waals surface area contributed by atoms with E-state index in [4.69, 9.17) is 0 Å². The zero-order valence-electron chi connectivity index (χ0n) is 9.77. The van der Waals surface area contributed by atoms with E-state index in [2.05, 4.69) is 17.1 Å². The van der Waals surface area contributed by atoms with E-state index in [9.17, 15) is 0 Å². The molecule has 1 atom stereocenters. The number of hydrogen-bond acceptors (Lipinski definition) is 2. The van der Waals surface area contributed by atoms with Crippen LogP contribution in [0.1, 0.15) is 33.6 Å². The fourth-order valence-electron chi connectivity index (χ4n) is 1.76. The van der Waals surface area contributed by atoms with Crippen LogP contribution in [-0.2, 0) is 0 Å². The van der Waals surface area contributed by atoms with Gasteiger partial charge in [-0.15, -0.1) is 0 Å². The lowest BCUT2D eigenvalue weighted by molar-refractivity contribution is 0.185. The standard InChI is InChI=1S/C9H20N2.C2H6/c1-9-4-3-6-11(8-9)7-5-10-2;1-2/h9-10H,3-8H2,1-2H3;1-2H3. The second kappa shape index (κ2) is 8.52. The second-order valence-corrected chi connectivity index (χ2v) is 3.65. The maximum absolute atomic E-state index is 3.19. The third kappa shape index (κ3) is 6.05. The van der Waals surface area contributed by atoms with Crippen molar-refractivity contribution < 1.29 is 0 Å². The highest BCUT2D eigenvalue weighted by Crippen LogP contribution is 2.14. The van der Waals surface area contributed by atoms with E-state index in [0.717, 1.165) is 12.5 Å². The normalized spacial score (nSPS) is 23.5. The van der Waals surface area contributed by atoms with Crippen molar-refractivity contribution in [3.8, 4) is 0 Å². The van der Waals surface area contributed by atoms with Crippen LogP contribution in [0.15, 0.2) is 0 Å². The van der Waals surface area contributed by atoms with Gasteiger partial charge in [-0.05, 0) is 32.4 Å². The molecule has 0 aliphatic carbocycles. The van der Waals surface area contributed by atoms with Gasteiger partial charge in [0, 0.05) is 19.6 Å². The first kappa shape index (κ1) is 12.9. The van der Waals surface area contributed by atoms with E-state index >= 15 is 0 Å². The second-order valence-electron chi connectivity index (χ2n) is 3.65. The molecule has 0 saturated carbocycles. The monoisotopic (exact) mass is 186 g/mol. The average Bonchev–Trinajstić information content (AvgIpc) is 2.18. The minimum Gasteiger partial charge on any atom is -0.318 e. The fraction of sp³-hybridized carbons (Fsp3) is 1.00.